The highest BCUT2D eigenvalue weighted by Crippen LogP contribution is 2.52. The van der Waals surface area contributed by atoms with E-state index in [2.05, 4.69) is 26.5 Å². The maximum absolute atomic E-state index is 13.0. The van der Waals surface area contributed by atoms with Crippen LogP contribution in [0.1, 0.15) is 88.0 Å². The van der Waals surface area contributed by atoms with Gasteiger partial charge in [0, 0.05) is 17.7 Å². The monoisotopic (exact) mass is 519 g/mol. The number of amides is 2. The molecule has 0 saturated carbocycles. The predicted octanol–water partition coefficient (Wildman–Crippen LogP) is 4.54. The molecule has 2 rings (SSSR count). The number of nitrogens with two attached hydrogens (primary N) is 1. The first kappa shape index (κ1) is 33.1. The third-order valence-corrected chi connectivity index (χ3v) is 8.47. The minimum atomic E-state index is -0.573. The molecule has 2 aliphatic rings. The van der Waals surface area contributed by atoms with Gasteiger partial charge in [0.1, 0.15) is 17.0 Å². The van der Waals surface area contributed by atoms with Gasteiger partial charge < -0.3 is 20.3 Å². The number of hydrogen-bond donors (Lipinski definition) is 2. The van der Waals surface area contributed by atoms with E-state index in [1.54, 1.807) is 21.6 Å². The Bertz CT molecular complexity index is 667. The number of esters is 1. The molecule has 0 aliphatic carbocycles. The molecular formula is C25H49N3O4S2. The third-order valence-electron chi connectivity index (χ3n) is 6.59. The zero-order valence-electron chi connectivity index (χ0n) is 23.0. The molecule has 2 heterocycles. The van der Waals surface area contributed by atoms with Crippen molar-refractivity contribution in [2.45, 2.75) is 111 Å². The molecule has 2 amide bonds. The molecule has 2 N–H and O–H groups in total. The number of methoxy groups -OCH3 is 1. The second-order valence-electron chi connectivity index (χ2n) is 9.87. The number of unbranched alkanes of at least 4 members (excludes halogenated alkanes) is 1. The number of β-lactam (4-membered cyclic amide) rings is 1. The summed E-state index contributed by atoms with van der Waals surface area (Å²) in [5.74, 6) is 0.595. The fourth-order valence-corrected chi connectivity index (χ4v) is 5.46. The Kier molecular flexibility index (Phi) is 14.2. The molecule has 0 radical (unpaired) electrons. The van der Waals surface area contributed by atoms with Crippen molar-refractivity contribution in [2.24, 2.45) is 17.1 Å². The maximum atomic E-state index is 13.0. The van der Waals surface area contributed by atoms with Crippen molar-refractivity contribution in [3.05, 3.63) is 0 Å². The predicted molar refractivity (Wildman–Crippen MR) is 146 cm³/mol. The van der Waals surface area contributed by atoms with Crippen LogP contribution in [0, 0.1) is 11.3 Å². The number of rotatable bonds is 8. The van der Waals surface area contributed by atoms with Gasteiger partial charge in [-0.05, 0) is 25.2 Å². The molecule has 0 aromatic carbocycles. The van der Waals surface area contributed by atoms with Gasteiger partial charge in [-0.2, -0.15) is 12.6 Å². The second-order valence-corrected chi connectivity index (χ2v) is 11.6. The van der Waals surface area contributed by atoms with Gasteiger partial charge in [0.05, 0.1) is 13.0 Å². The van der Waals surface area contributed by atoms with Crippen molar-refractivity contribution in [3.63, 3.8) is 0 Å². The van der Waals surface area contributed by atoms with Crippen LogP contribution >= 0.6 is 24.4 Å². The molecule has 0 spiro atoms. The SMILES string of the molecule is CC.CCCC[C@@H](C(=O)OC)N1C(=O)C2N(C(=O)[C@@H](C)C(C)(C)C)CS[C@@]21C.CC[C@@H](N)CS. The molecular weight excluding hydrogens is 470 g/mol. The molecule has 0 aromatic rings. The summed E-state index contributed by atoms with van der Waals surface area (Å²) in [5.41, 5.74) is 5.23. The average molecular weight is 520 g/mol. The first-order chi connectivity index (χ1) is 15.8. The van der Waals surface area contributed by atoms with Crippen LogP contribution in [0.25, 0.3) is 0 Å². The van der Waals surface area contributed by atoms with Crippen molar-refractivity contribution in [1.82, 2.24) is 9.80 Å². The van der Waals surface area contributed by atoms with E-state index in [1.807, 2.05) is 48.5 Å². The summed E-state index contributed by atoms with van der Waals surface area (Å²) >= 11 is 5.53. The summed E-state index contributed by atoms with van der Waals surface area (Å²) < 4.78 is 4.94. The van der Waals surface area contributed by atoms with E-state index in [9.17, 15) is 14.4 Å². The van der Waals surface area contributed by atoms with Gasteiger partial charge in [0.2, 0.25) is 5.91 Å². The topological polar surface area (TPSA) is 92.9 Å². The fourth-order valence-electron chi connectivity index (χ4n) is 3.78. The standard InChI is InChI=1S/C19H32N2O4S.C4H11NS.C2H6/c1-8-9-10-13(17(24)25-7)21-16(23)14-19(21,6)26-11-20(14)15(22)12(2)18(3,4)5;1-2-4(5)3-6;1-2/h12-14H,8-11H2,1-7H3;4,6H,2-3,5H2,1H3;1-2H3/t12-,13+,14?,19+;4-;/m11./s1. The van der Waals surface area contributed by atoms with E-state index < -0.39 is 17.0 Å². The van der Waals surface area contributed by atoms with Crippen molar-refractivity contribution >= 4 is 42.2 Å². The van der Waals surface area contributed by atoms with Gasteiger partial charge in [-0.15, -0.1) is 11.8 Å². The molecule has 2 fully saturated rings. The third kappa shape index (κ3) is 7.53. The van der Waals surface area contributed by atoms with Crippen molar-refractivity contribution in [1.29, 1.82) is 0 Å². The summed E-state index contributed by atoms with van der Waals surface area (Å²) in [6.07, 6.45) is 3.41. The summed E-state index contributed by atoms with van der Waals surface area (Å²) in [6.45, 7) is 18.1. The maximum Gasteiger partial charge on any atom is 0.328 e. The molecule has 1 unspecified atom stereocenters. The number of likely N-dealkylation sites (tertiary alicyclic amines) is 1. The van der Waals surface area contributed by atoms with Crippen LogP contribution in [0.3, 0.4) is 0 Å². The molecule has 9 heteroatoms. The van der Waals surface area contributed by atoms with E-state index in [0.717, 1.165) is 25.0 Å². The molecule has 0 aromatic heterocycles. The molecule has 34 heavy (non-hydrogen) atoms. The van der Waals surface area contributed by atoms with Crippen LogP contribution in [0.2, 0.25) is 0 Å². The Hall–Kier alpha value is -0.930. The lowest BCUT2D eigenvalue weighted by Gasteiger charge is -2.55. The normalized spacial score (nSPS) is 23.9. The van der Waals surface area contributed by atoms with Crippen LogP contribution in [0.15, 0.2) is 0 Å². The van der Waals surface area contributed by atoms with E-state index >= 15 is 0 Å². The van der Waals surface area contributed by atoms with Crippen LogP contribution in [0.4, 0.5) is 0 Å². The number of thioether (sulfide) groups is 1. The largest absolute Gasteiger partial charge is 0.467 e. The van der Waals surface area contributed by atoms with Crippen LogP contribution in [0.5, 0.6) is 0 Å². The van der Waals surface area contributed by atoms with Gasteiger partial charge in [-0.3, -0.25) is 9.59 Å². The fraction of sp³-hybridized carbons (Fsp3) is 0.880. The lowest BCUT2D eigenvalue weighted by molar-refractivity contribution is -0.177. The number of thiol groups is 1. The van der Waals surface area contributed by atoms with Crippen molar-refractivity contribution in [2.75, 3.05) is 18.7 Å². The zero-order chi connectivity index (χ0) is 26.9. The van der Waals surface area contributed by atoms with E-state index in [0.29, 0.717) is 18.3 Å². The minimum absolute atomic E-state index is 0.00917. The second kappa shape index (κ2) is 14.6. The van der Waals surface area contributed by atoms with Gasteiger partial charge in [-0.1, -0.05) is 68.2 Å². The van der Waals surface area contributed by atoms with Crippen molar-refractivity contribution < 1.29 is 19.1 Å². The summed E-state index contributed by atoms with van der Waals surface area (Å²) in [7, 11) is 1.36. The summed E-state index contributed by atoms with van der Waals surface area (Å²) in [6, 6.07) is -0.761. The molecule has 200 valence electrons. The number of carbonyl (C=O) groups is 3. The Morgan fingerprint density at radius 1 is 1.29 bits per heavy atom. The number of ether oxygens (including phenoxy) is 1. The minimum Gasteiger partial charge on any atom is -0.467 e. The number of fused-ring (bicyclic) bond motifs is 1. The first-order valence-corrected chi connectivity index (χ1v) is 14.1. The Balaban J connectivity index is 0.00000118. The number of carbonyl (C=O) groups excluding carboxylic acids is 3. The van der Waals surface area contributed by atoms with Crippen molar-refractivity contribution in [3.8, 4) is 0 Å². The molecule has 0 bridgehead atoms. The van der Waals surface area contributed by atoms with E-state index in [4.69, 9.17) is 10.5 Å². The Morgan fingerprint density at radius 3 is 2.24 bits per heavy atom. The van der Waals surface area contributed by atoms with E-state index in [-0.39, 0.29) is 29.1 Å². The van der Waals surface area contributed by atoms with E-state index in [1.165, 1.54) is 7.11 Å². The lowest BCUT2D eigenvalue weighted by Crippen LogP contribution is -2.76. The highest BCUT2D eigenvalue weighted by Gasteiger charge is 2.67. The highest BCUT2D eigenvalue weighted by molar-refractivity contribution is 8.01. The van der Waals surface area contributed by atoms with Gasteiger partial charge in [0.25, 0.3) is 5.91 Å². The lowest BCUT2D eigenvalue weighted by atomic mass is 9.80. The summed E-state index contributed by atoms with van der Waals surface area (Å²) in [5, 5.41) is 0. The van der Waals surface area contributed by atoms with Gasteiger partial charge in [0.15, 0.2) is 0 Å². The van der Waals surface area contributed by atoms with Gasteiger partial charge in [-0.25, -0.2) is 4.79 Å². The molecule has 5 atom stereocenters. The van der Waals surface area contributed by atoms with Gasteiger partial charge >= 0.3 is 5.97 Å². The number of nitrogens with zero attached hydrogens (tertiary/aromatic N) is 2. The smallest absolute Gasteiger partial charge is 0.328 e. The molecule has 7 nitrogen and oxygen atoms in total. The highest BCUT2D eigenvalue weighted by atomic mass is 32.2. The Labute approximate surface area is 217 Å². The quantitative estimate of drug-likeness (QED) is 0.278. The molecule has 2 aliphatic heterocycles. The summed E-state index contributed by atoms with van der Waals surface area (Å²) in [4.78, 5) is 41.0. The molecule has 2 saturated heterocycles. The first-order valence-electron chi connectivity index (χ1n) is 12.5. The number of hydrogen-bond acceptors (Lipinski definition) is 7. The Morgan fingerprint density at radius 2 is 1.85 bits per heavy atom. The zero-order valence-corrected chi connectivity index (χ0v) is 24.7. The van der Waals surface area contributed by atoms with Crippen LogP contribution in [-0.4, -0.2) is 69.3 Å². The van der Waals surface area contributed by atoms with Crippen LogP contribution in [-0.2, 0) is 19.1 Å². The van der Waals surface area contributed by atoms with Crippen LogP contribution < -0.4 is 5.73 Å². The average Bonchev–Trinajstić information content (AvgIpc) is 3.13.